The molecule has 0 saturated carbocycles. The highest BCUT2D eigenvalue weighted by Gasteiger charge is 2.22. The summed E-state index contributed by atoms with van der Waals surface area (Å²) in [5, 5.41) is 19.5. The number of hydrogen-bond acceptors (Lipinski definition) is 6. The fourth-order valence-electron chi connectivity index (χ4n) is 1.71. The maximum atomic E-state index is 11.9. The van der Waals surface area contributed by atoms with Crippen LogP contribution in [0.1, 0.15) is 17.2 Å². The molecule has 2 aromatic rings. The Balaban J connectivity index is 2.34. The first-order chi connectivity index (χ1) is 9.76. The standard InChI is InChI=1S/C14H12N4O2/c1-20-14(19)12(10-5-3-2-4-6-10)17-13-11(9-15)7-8-16-18-13/h2-8,12H,1H3,(H,17,18). The summed E-state index contributed by atoms with van der Waals surface area (Å²) < 4.78 is 4.78. The van der Waals surface area contributed by atoms with Crippen LogP contribution in [0.5, 0.6) is 0 Å². The van der Waals surface area contributed by atoms with E-state index in [1.165, 1.54) is 19.4 Å². The molecule has 100 valence electrons. The average molecular weight is 268 g/mol. The summed E-state index contributed by atoms with van der Waals surface area (Å²) in [5.74, 6) is -0.222. The van der Waals surface area contributed by atoms with Crippen LogP contribution in [0.3, 0.4) is 0 Å². The summed E-state index contributed by atoms with van der Waals surface area (Å²) in [7, 11) is 1.31. The van der Waals surface area contributed by atoms with Crippen LogP contribution in [-0.2, 0) is 9.53 Å². The van der Waals surface area contributed by atoms with Gasteiger partial charge in [0.1, 0.15) is 6.07 Å². The number of benzene rings is 1. The molecule has 1 atom stereocenters. The molecule has 1 aromatic heterocycles. The van der Waals surface area contributed by atoms with Crippen molar-refractivity contribution < 1.29 is 9.53 Å². The fraction of sp³-hybridized carbons (Fsp3) is 0.143. The number of esters is 1. The molecule has 0 fully saturated rings. The Morgan fingerprint density at radius 3 is 2.75 bits per heavy atom. The summed E-state index contributed by atoms with van der Waals surface area (Å²) in [6.07, 6.45) is 1.42. The molecule has 0 aliphatic rings. The molecule has 6 nitrogen and oxygen atoms in total. The number of aromatic nitrogens is 2. The number of nitrogens with zero attached hydrogens (tertiary/aromatic N) is 3. The van der Waals surface area contributed by atoms with Crippen molar-refractivity contribution in [1.82, 2.24) is 10.2 Å². The summed E-state index contributed by atoms with van der Waals surface area (Å²) >= 11 is 0. The lowest BCUT2D eigenvalue weighted by Gasteiger charge is -2.17. The van der Waals surface area contributed by atoms with Crippen LogP contribution in [0.15, 0.2) is 42.6 Å². The van der Waals surface area contributed by atoms with E-state index in [9.17, 15) is 4.79 Å². The van der Waals surface area contributed by atoms with Gasteiger partial charge in [0.2, 0.25) is 0 Å². The van der Waals surface area contributed by atoms with Crippen LogP contribution in [0.2, 0.25) is 0 Å². The molecule has 0 aliphatic heterocycles. The number of nitriles is 1. The second-order valence-electron chi connectivity index (χ2n) is 3.92. The molecule has 1 unspecified atom stereocenters. The van der Waals surface area contributed by atoms with Gasteiger partial charge in [0.05, 0.1) is 18.9 Å². The quantitative estimate of drug-likeness (QED) is 0.849. The van der Waals surface area contributed by atoms with Crippen LogP contribution in [-0.4, -0.2) is 23.3 Å². The molecule has 2 rings (SSSR count). The third-order valence-corrected chi connectivity index (χ3v) is 2.69. The highest BCUT2D eigenvalue weighted by atomic mass is 16.5. The number of carbonyl (C=O) groups is 1. The minimum absolute atomic E-state index is 0.245. The summed E-state index contributed by atoms with van der Waals surface area (Å²) in [6.45, 7) is 0. The van der Waals surface area contributed by atoms with Gasteiger partial charge in [0.25, 0.3) is 0 Å². The number of nitrogens with one attached hydrogen (secondary N) is 1. The Labute approximate surface area is 116 Å². The van der Waals surface area contributed by atoms with Crippen LogP contribution < -0.4 is 5.32 Å². The Morgan fingerprint density at radius 1 is 1.35 bits per heavy atom. The number of hydrogen-bond donors (Lipinski definition) is 1. The zero-order valence-corrected chi connectivity index (χ0v) is 10.8. The highest BCUT2D eigenvalue weighted by Crippen LogP contribution is 2.21. The molecular formula is C14H12N4O2. The minimum Gasteiger partial charge on any atom is -0.467 e. The van der Waals surface area contributed by atoms with Crippen molar-refractivity contribution in [2.24, 2.45) is 0 Å². The smallest absolute Gasteiger partial charge is 0.333 e. The molecule has 0 amide bonds. The van der Waals surface area contributed by atoms with Crippen molar-refractivity contribution in [3.05, 3.63) is 53.7 Å². The number of rotatable bonds is 4. The van der Waals surface area contributed by atoms with E-state index >= 15 is 0 Å². The third kappa shape index (κ3) is 2.90. The Hall–Kier alpha value is -2.94. The van der Waals surface area contributed by atoms with E-state index in [0.717, 1.165) is 0 Å². The van der Waals surface area contributed by atoms with E-state index in [-0.39, 0.29) is 5.82 Å². The van der Waals surface area contributed by atoms with Gasteiger partial charge in [0, 0.05) is 0 Å². The van der Waals surface area contributed by atoms with Crippen molar-refractivity contribution in [2.45, 2.75) is 6.04 Å². The maximum absolute atomic E-state index is 11.9. The molecule has 1 N–H and O–H groups in total. The van der Waals surface area contributed by atoms with E-state index < -0.39 is 12.0 Å². The third-order valence-electron chi connectivity index (χ3n) is 2.69. The lowest BCUT2D eigenvalue weighted by molar-refractivity contribution is -0.141. The molecule has 0 saturated heterocycles. The predicted octanol–water partition coefficient (Wildman–Crippen LogP) is 1.67. The van der Waals surface area contributed by atoms with E-state index in [1.807, 2.05) is 24.3 Å². The number of ether oxygens (including phenoxy) is 1. The Morgan fingerprint density at radius 2 is 2.10 bits per heavy atom. The van der Waals surface area contributed by atoms with Gasteiger partial charge in [-0.25, -0.2) is 4.79 Å². The van der Waals surface area contributed by atoms with E-state index in [1.54, 1.807) is 12.1 Å². The molecule has 0 aliphatic carbocycles. The zero-order valence-electron chi connectivity index (χ0n) is 10.8. The molecule has 1 aromatic carbocycles. The van der Waals surface area contributed by atoms with Crippen molar-refractivity contribution in [3.63, 3.8) is 0 Å². The molecular weight excluding hydrogens is 256 g/mol. The lowest BCUT2D eigenvalue weighted by atomic mass is 10.1. The largest absolute Gasteiger partial charge is 0.467 e. The summed E-state index contributed by atoms with van der Waals surface area (Å²) in [5.41, 5.74) is 1.03. The zero-order chi connectivity index (χ0) is 14.4. The van der Waals surface area contributed by atoms with E-state index in [0.29, 0.717) is 11.1 Å². The second kappa shape index (κ2) is 6.29. The molecule has 0 bridgehead atoms. The summed E-state index contributed by atoms with van der Waals surface area (Å²) in [6, 6.07) is 11.8. The van der Waals surface area contributed by atoms with Crippen LogP contribution in [0.4, 0.5) is 5.82 Å². The summed E-state index contributed by atoms with van der Waals surface area (Å²) in [4.78, 5) is 11.9. The Bertz CT molecular complexity index is 637. The molecule has 0 spiro atoms. The number of methoxy groups -OCH3 is 1. The first-order valence-electron chi connectivity index (χ1n) is 5.87. The number of carbonyl (C=O) groups excluding carboxylic acids is 1. The molecule has 20 heavy (non-hydrogen) atoms. The van der Waals surface area contributed by atoms with Gasteiger partial charge < -0.3 is 10.1 Å². The number of anilines is 1. The first kappa shape index (κ1) is 13.5. The van der Waals surface area contributed by atoms with Gasteiger partial charge in [-0.2, -0.15) is 10.4 Å². The SMILES string of the molecule is COC(=O)C(Nc1nnccc1C#N)c1ccccc1. The highest BCUT2D eigenvalue weighted by molar-refractivity contribution is 5.81. The monoisotopic (exact) mass is 268 g/mol. The lowest BCUT2D eigenvalue weighted by Crippen LogP contribution is -2.23. The minimum atomic E-state index is -0.745. The van der Waals surface area contributed by atoms with Gasteiger partial charge in [-0.15, -0.1) is 5.10 Å². The van der Waals surface area contributed by atoms with Gasteiger partial charge in [-0.1, -0.05) is 30.3 Å². The van der Waals surface area contributed by atoms with E-state index in [2.05, 4.69) is 15.5 Å². The van der Waals surface area contributed by atoms with Crippen molar-refractivity contribution in [2.75, 3.05) is 12.4 Å². The van der Waals surface area contributed by atoms with Crippen molar-refractivity contribution in [1.29, 1.82) is 5.26 Å². The molecule has 6 heteroatoms. The van der Waals surface area contributed by atoms with Crippen molar-refractivity contribution in [3.8, 4) is 6.07 Å². The normalized spacial score (nSPS) is 11.2. The van der Waals surface area contributed by atoms with Gasteiger partial charge in [-0.05, 0) is 11.6 Å². The molecule has 1 heterocycles. The first-order valence-corrected chi connectivity index (χ1v) is 5.87. The van der Waals surface area contributed by atoms with E-state index in [4.69, 9.17) is 10.00 Å². The van der Waals surface area contributed by atoms with Gasteiger partial charge in [0.15, 0.2) is 11.9 Å². The fourth-order valence-corrected chi connectivity index (χ4v) is 1.71. The predicted molar refractivity (Wildman–Crippen MR) is 71.6 cm³/mol. The average Bonchev–Trinajstić information content (AvgIpc) is 2.53. The topological polar surface area (TPSA) is 87.9 Å². The van der Waals surface area contributed by atoms with Crippen LogP contribution in [0, 0.1) is 11.3 Å². The Kier molecular flexibility index (Phi) is 4.24. The van der Waals surface area contributed by atoms with Gasteiger partial charge >= 0.3 is 5.97 Å². The molecule has 0 radical (unpaired) electrons. The maximum Gasteiger partial charge on any atom is 0.333 e. The van der Waals surface area contributed by atoms with Crippen LogP contribution >= 0.6 is 0 Å². The second-order valence-corrected chi connectivity index (χ2v) is 3.92. The van der Waals surface area contributed by atoms with Gasteiger partial charge in [-0.3, -0.25) is 0 Å². The van der Waals surface area contributed by atoms with Crippen LogP contribution in [0.25, 0.3) is 0 Å². The van der Waals surface area contributed by atoms with Crippen molar-refractivity contribution >= 4 is 11.8 Å².